The van der Waals surface area contributed by atoms with Gasteiger partial charge in [0.1, 0.15) is 11.6 Å². The third-order valence-corrected chi connectivity index (χ3v) is 3.12. The molecule has 1 amide bonds. The van der Waals surface area contributed by atoms with Crippen molar-refractivity contribution in [1.29, 1.82) is 0 Å². The highest BCUT2D eigenvalue weighted by Crippen LogP contribution is 2.19. The average Bonchev–Trinajstić information content (AvgIpc) is 2.47. The Morgan fingerprint density at radius 2 is 1.95 bits per heavy atom. The third-order valence-electron chi connectivity index (χ3n) is 2.79. The Kier molecular flexibility index (Phi) is 4.55. The molecule has 0 fully saturated rings. The van der Waals surface area contributed by atoms with Crippen molar-refractivity contribution < 1.29 is 14.3 Å². The van der Waals surface area contributed by atoms with Gasteiger partial charge in [0.05, 0.1) is 16.3 Å². The third kappa shape index (κ3) is 3.58. The lowest BCUT2D eigenvalue weighted by Gasteiger charge is -2.06. The summed E-state index contributed by atoms with van der Waals surface area (Å²) in [5.41, 5.74) is 3.07. The minimum Gasteiger partial charge on any atom is -0.507 e. The monoisotopic (exact) mass is 306 g/mol. The first-order valence-electron chi connectivity index (χ1n) is 6.07. The number of rotatable bonds is 3. The van der Waals surface area contributed by atoms with Crippen LogP contribution in [0.3, 0.4) is 0 Å². The fourth-order valence-electron chi connectivity index (χ4n) is 1.70. The number of benzene rings is 2. The first-order chi connectivity index (χ1) is 9.99. The molecule has 0 saturated carbocycles. The van der Waals surface area contributed by atoms with Gasteiger partial charge in [0.2, 0.25) is 0 Å². The number of hydrazone groups is 1. The Balaban J connectivity index is 2.19. The molecule has 0 saturated heterocycles. The lowest BCUT2D eigenvalue weighted by atomic mass is 10.1. The summed E-state index contributed by atoms with van der Waals surface area (Å²) in [5.74, 6) is -1.12. The first-order valence-corrected chi connectivity index (χ1v) is 6.45. The van der Waals surface area contributed by atoms with Gasteiger partial charge in [-0.05, 0) is 37.3 Å². The quantitative estimate of drug-likeness (QED) is 0.675. The van der Waals surface area contributed by atoms with Crippen LogP contribution in [0.4, 0.5) is 4.39 Å². The molecule has 0 atom stereocenters. The van der Waals surface area contributed by atoms with Gasteiger partial charge in [0, 0.05) is 5.56 Å². The van der Waals surface area contributed by atoms with Crippen LogP contribution in [-0.2, 0) is 0 Å². The number of carbonyl (C=O) groups is 1. The van der Waals surface area contributed by atoms with E-state index in [1.165, 1.54) is 6.07 Å². The number of aromatic hydroxyl groups is 1. The minimum atomic E-state index is -0.505. The molecule has 2 aromatic carbocycles. The van der Waals surface area contributed by atoms with Crippen molar-refractivity contribution in [3.63, 3.8) is 0 Å². The predicted octanol–water partition coefficient (Wildman–Crippen LogP) is 3.34. The van der Waals surface area contributed by atoms with E-state index in [1.54, 1.807) is 31.2 Å². The van der Waals surface area contributed by atoms with E-state index in [9.17, 15) is 14.3 Å². The van der Waals surface area contributed by atoms with Gasteiger partial charge in [-0.15, -0.1) is 0 Å². The van der Waals surface area contributed by atoms with Crippen LogP contribution in [-0.4, -0.2) is 16.7 Å². The van der Waals surface area contributed by atoms with Gasteiger partial charge in [0.25, 0.3) is 5.91 Å². The number of amides is 1. The Morgan fingerprint density at radius 3 is 2.67 bits per heavy atom. The zero-order valence-electron chi connectivity index (χ0n) is 11.1. The highest BCUT2D eigenvalue weighted by molar-refractivity contribution is 6.33. The van der Waals surface area contributed by atoms with E-state index in [4.69, 9.17) is 11.6 Å². The van der Waals surface area contributed by atoms with Crippen LogP contribution in [0, 0.1) is 5.82 Å². The molecule has 4 nitrogen and oxygen atoms in total. The lowest BCUT2D eigenvalue weighted by Crippen LogP contribution is -2.19. The van der Waals surface area contributed by atoms with Crippen LogP contribution in [0.5, 0.6) is 5.75 Å². The van der Waals surface area contributed by atoms with Crippen LogP contribution in [0.25, 0.3) is 0 Å². The second kappa shape index (κ2) is 6.37. The van der Waals surface area contributed by atoms with Crippen molar-refractivity contribution in [3.8, 4) is 5.75 Å². The molecule has 0 unspecified atom stereocenters. The molecular weight excluding hydrogens is 295 g/mol. The minimum absolute atomic E-state index is 0.121. The summed E-state index contributed by atoms with van der Waals surface area (Å²) >= 11 is 5.90. The molecule has 21 heavy (non-hydrogen) atoms. The number of nitrogens with zero attached hydrogens (tertiary/aromatic N) is 1. The summed E-state index contributed by atoms with van der Waals surface area (Å²) in [7, 11) is 0. The summed E-state index contributed by atoms with van der Waals surface area (Å²) in [6, 6.07) is 10.0. The highest BCUT2D eigenvalue weighted by atomic mass is 35.5. The Labute approximate surface area is 125 Å². The van der Waals surface area contributed by atoms with Gasteiger partial charge in [-0.2, -0.15) is 5.10 Å². The van der Waals surface area contributed by atoms with Crippen molar-refractivity contribution in [1.82, 2.24) is 5.43 Å². The largest absolute Gasteiger partial charge is 0.507 e. The SMILES string of the molecule is C/C(=N\NC(=O)c1ccccc1Cl)c1cc(F)ccc1O. The molecule has 0 aromatic heterocycles. The number of halogens is 2. The van der Waals surface area contributed by atoms with Crippen molar-refractivity contribution in [2.45, 2.75) is 6.92 Å². The van der Waals surface area contributed by atoms with E-state index in [0.29, 0.717) is 5.02 Å². The Bertz CT molecular complexity index is 717. The van der Waals surface area contributed by atoms with Crippen molar-refractivity contribution in [2.24, 2.45) is 5.10 Å². The molecule has 6 heteroatoms. The molecule has 0 radical (unpaired) electrons. The second-order valence-electron chi connectivity index (χ2n) is 4.28. The molecule has 2 rings (SSSR count). The number of nitrogens with one attached hydrogen (secondary N) is 1. The number of hydrogen-bond acceptors (Lipinski definition) is 3. The van der Waals surface area contributed by atoms with Crippen molar-refractivity contribution >= 4 is 23.2 Å². The fourth-order valence-corrected chi connectivity index (χ4v) is 1.92. The molecule has 108 valence electrons. The molecule has 0 bridgehead atoms. The van der Waals surface area contributed by atoms with E-state index >= 15 is 0 Å². The van der Waals surface area contributed by atoms with Gasteiger partial charge in [-0.3, -0.25) is 4.79 Å². The maximum absolute atomic E-state index is 13.2. The number of phenols is 1. The summed E-state index contributed by atoms with van der Waals surface area (Å²) in [6.45, 7) is 1.54. The van der Waals surface area contributed by atoms with E-state index in [-0.39, 0.29) is 22.6 Å². The van der Waals surface area contributed by atoms with Gasteiger partial charge < -0.3 is 5.11 Å². The maximum atomic E-state index is 13.2. The molecule has 0 heterocycles. The highest BCUT2D eigenvalue weighted by Gasteiger charge is 2.10. The van der Waals surface area contributed by atoms with Crippen molar-refractivity contribution in [2.75, 3.05) is 0 Å². The Hall–Kier alpha value is -2.40. The van der Waals surface area contributed by atoms with Crippen LogP contribution >= 0.6 is 11.6 Å². The second-order valence-corrected chi connectivity index (χ2v) is 4.69. The standard InChI is InChI=1S/C15H12ClFN2O2/c1-9(12-8-10(17)6-7-14(12)20)18-19-15(21)11-4-2-3-5-13(11)16/h2-8,20H,1H3,(H,19,21)/b18-9+. The normalized spacial score (nSPS) is 11.3. The van der Waals surface area contributed by atoms with Gasteiger partial charge in [-0.25, -0.2) is 9.82 Å². The van der Waals surface area contributed by atoms with Gasteiger partial charge in [-0.1, -0.05) is 23.7 Å². The van der Waals surface area contributed by atoms with Gasteiger partial charge in [0.15, 0.2) is 0 Å². The molecular formula is C15H12ClFN2O2. The molecule has 0 spiro atoms. The van der Waals surface area contributed by atoms with Crippen LogP contribution in [0.15, 0.2) is 47.6 Å². The summed E-state index contributed by atoms with van der Waals surface area (Å²) in [4.78, 5) is 11.9. The molecule has 2 aromatic rings. The lowest BCUT2D eigenvalue weighted by molar-refractivity contribution is 0.0955. The smallest absolute Gasteiger partial charge is 0.272 e. The van der Waals surface area contributed by atoms with E-state index in [2.05, 4.69) is 10.5 Å². The number of carbonyl (C=O) groups excluding carboxylic acids is 1. The van der Waals surface area contributed by atoms with Gasteiger partial charge >= 0.3 is 0 Å². The predicted molar refractivity (Wildman–Crippen MR) is 79.2 cm³/mol. The summed E-state index contributed by atoms with van der Waals surface area (Å²) in [6.07, 6.45) is 0. The molecule has 2 N–H and O–H groups in total. The first kappa shape index (κ1) is 15.0. The molecule has 0 aliphatic rings. The zero-order chi connectivity index (χ0) is 15.4. The van der Waals surface area contributed by atoms with Crippen LogP contribution in [0.1, 0.15) is 22.8 Å². The van der Waals surface area contributed by atoms with Crippen LogP contribution in [0.2, 0.25) is 5.02 Å². The average molecular weight is 307 g/mol. The zero-order valence-corrected chi connectivity index (χ0v) is 11.9. The van der Waals surface area contributed by atoms with Crippen LogP contribution < -0.4 is 5.43 Å². The van der Waals surface area contributed by atoms with Crippen molar-refractivity contribution in [3.05, 3.63) is 64.4 Å². The Morgan fingerprint density at radius 1 is 1.24 bits per heavy atom. The number of phenolic OH excluding ortho intramolecular Hbond substituents is 1. The van der Waals surface area contributed by atoms with E-state index in [1.807, 2.05) is 0 Å². The maximum Gasteiger partial charge on any atom is 0.272 e. The number of hydrogen-bond donors (Lipinski definition) is 2. The van der Waals surface area contributed by atoms with E-state index in [0.717, 1.165) is 12.1 Å². The molecule has 0 aliphatic carbocycles. The molecule has 0 aliphatic heterocycles. The van der Waals surface area contributed by atoms with E-state index < -0.39 is 11.7 Å². The summed E-state index contributed by atoms with van der Waals surface area (Å²) < 4.78 is 13.2. The fraction of sp³-hybridized carbons (Fsp3) is 0.0667. The summed E-state index contributed by atoms with van der Waals surface area (Å²) in [5, 5.41) is 13.8. The topological polar surface area (TPSA) is 61.7 Å².